The molecule has 0 heteroatoms. The van der Waals surface area contributed by atoms with Crippen molar-refractivity contribution in [1.82, 2.24) is 0 Å². The molecule has 7 atom stereocenters. The third-order valence-corrected chi connectivity index (χ3v) is 8.21. The van der Waals surface area contributed by atoms with Crippen LogP contribution < -0.4 is 0 Å². The molecule has 0 amide bonds. The zero-order valence-corrected chi connectivity index (χ0v) is 13.8. The Balaban J connectivity index is 1.81. The van der Waals surface area contributed by atoms with Gasteiger partial charge in [-0.1, -0.05) is 39.3 Å². The lowest BCUT2D eigenvalue weighted by atomic mass is 9.38. The van der Waals surface area contributed by atoms with Gasteiger partial charge in [0.15, 0.2) is 0 Å². The molecule has 112 valence electrons. The van der Waals surface area contributed by atoms with Gasteiger partial charge in [0.25, 0.3) is 0 Å². The Kier molecular flexibility index (Phi) is 2.78. The van der Waals surface area contributed by atoms with Gasteiger partial charge in [0.2, 0.25) is 0 Å². The van der Waals surface area contributed by atoms with E-state index in [2.05, 4.69) is 27.4 Å². The molecular weight excluding hydrogens is 240 g/mol. The summed E-state index contributed by atoms with van der Waals surface area (Å²) in [5.41, 5.74) is 2.88. The standard InChI is InChI=1S/C20H32/c1-13-6-7-15-14(2)12-20(4)10-5-9-19(3)11-8-16(13)17(15)18(19)20/h13,15-18H,2,5-12H2,1,3-4H3/t13-,15-,16-,17+,18-,19-,20+/m0/s1. The number of allylic oxidation sites excluding steroid dienone is 1. The van der Waals surface area contributed by atoms with E-state index in [9.17, 15) is 0 Å². The van der Waals surface area contributed by atoms with E-state index in [1.807, 2.05) is 0 Å². The Morgan fingerprint density at radius 2 is 1.75 bits per heavy atom. The minimum absolute atomic E-state index is 0.584. The molecule has 0 unspecified atom stereocenters. The summed E-state index contributed by atoms with van der Waals surface area (Å²) in [5.74, 6) is 4.86. The van der Waals surface area contributed by atoms with Crippen LogP contribution in [0.25, 0.3) is 0 Å². The third-order valence-electron chi connectivity index (χ3n) is 8.21. The summed E-state index contributed by atoms with van der Waals surface area (Å²) in [4.78, 5) is 0. The Morgan fingerprint density at radius 1 is 1.00 bits per heavy atom. The van der Waals surface area contributed by atoms with Crippen molar-refractivity contribution < 1.29 is 0 Å². The van der Waals surface area contributed by atoms with E-state index in [1.54, 1.807) is 5.57 Å². The molecule has 20 heavy (non-hydrogen) atoms. The minimum Gasteiger partial charge on any atom is -0.0995 e. The largest absolute Gasteiger partial charge is 0.0995 e. The van der Waals surface area contributed by atoms with Gasteiger partial charge < -0.3 is 0 Å². The number of rotatable bonds is 0. The molecule has 0 N–H and O–H groups in total. The SMILES string of the molecule is C=C1C[C@@]2(C)CCC[C@@]3(C)CC[C@@H]4[C@H]([C@@H]32)[C@H]1CC[C@@H]4C. The predicted octanol–water partition coefficient (Wildman–Crippen LogP) is 5.83. The summed E-state index contributed by atoms with van der Waals surface area (Å²) in [5, 5.41) is 0. The van der Waals surface area contributed by atoms with Crippen molar-refractivity contribution in [3.8, 4) is 0 Å². The van der Waals surface area contributed by atoms with Gasteiger partial charge in [-0.2, -0.15) is 0 Å². The first-order chi connectivity index (χ1) is 9.45. The van der Waals surface area contributed by atoms with Crippen LogP contribution in [0.2, 0.25) is 0 Å². The van der Waals surface area contributed by atoms with Crippen molar-refractivity contribution in [3.63, 3.8) is 0 Å². The highest BCUT2D eigenvalue weighted by Gasteiger charge is 2.61. The summed E-state index contributed by atoms with van der Waals surface area (Å²) < 4.78 is 0. The van der Waals surface area contributed by atoms with Crippen molar-refractivity contribution in [2.45, 2.75) is 72.1 Å². The van der Waals surface area contributed by atoms with Gasteiger partial charge in [0.1, 0.15) is 0 Å². The first-order valence-corrected chi connectivity index (χ1v) is 9.12. The summed E-state index contributed by atoms with van der Waals surface area (Å²) in [7, 11) is 0. The molecule has 0 aromatic carbocycles. The van der Waals surface area contributed by atoms with Gasteiger partial charge in [0.05, 0.1) is 0 Å². The summed E-state index contributed by atoms with van der Waals surface area (Å²) in [6.45, 7) is 12.4. The van der Waals surface area contributed by atoms with Crippen LogP contribution in [0.5, 0.6) is 0 Å². The quantitative estimate of drug-likeness (QED) is 0.487. The molecule has 0 radical (unpaired) electrons. The Bertz CT molecular complexity index is 435. The maximum atomic E-state index is 4.57. The van der Waals surface area contributed by atoms with Crippen molar-refractivity contribution >= 4 is 0 Å². The highest BCUT2D eigenvalue weighted by molar-refractivity contribution is 5.21. The summed E-state index contributed by atoms with van der Waals surface area (Å²) in [6, 6.07) is 0. The molecule has 4 fully saturated rings. The number of hydrogen-bond acceptors (Lipinski definition) is 0. The van der Waals surface area contributed by atoms with Gasteiger partial charge >= 0.3 is 0 Å². The van der Waals surface area contributed by atoms with E-state index in [0.717, 1.165) is 29.6 Å². The smallest absolute Gasteiger partial charge is 0.0171 e. The molecule has 0 spiro atoms. The molecular formula is C20H32. The van der Waals surface area contributed by atoms with Crippen LogP contribution in [-0.4, -0.2) is 0 Å². The summed E-state index contributed by atoms with van der Waals surface area (Å²) >= 11 is 0. The first kappa shape index (κ1) is 13.4. The molecule has 0 heterocycles. The fourth-order valence-electron chi connectivity index (χ4n) is 7.56. The van der Waals surface area contributed by atoms with Crippen LogP contribution in [-0.2, 0) is 0 Å². The van der Waals surface area contributed by atoms with Gasteiger partial charge in [-0.05, 0) is 85.4 Å². The zero-order chi connectivity index (χ0) is 14.1. The molecule has 0 nitrogen and oxygen atoms in total. The topological polar surface area (TPSA) is 0 Å². The fourth-order valence-corrected chi connectivity index (χ4v) is 7.56. The maximum absolute atomic E-state index is 4.57. The van der Waals surface area contributed by atoms with Crippen LogP contribution in [0.4, 0.5) is 0 Å². The van der Waals surface area contributed by atoms with Crippen molar-refractivity contribution in [2.24, 2.45) is 40.4 Å². The van der Waals surface area contributed by atoms with Crippen LogP contribution in [0.15, 0.2) is 12.2 Å². The van der Waals surface area contributed by atoms with E-state index >= 15 is 0 Å². The van der Waals surface area contributed by atoms with E-state index in [1.165, 1.54) is 51.4 Å². The lowest BCUT2D eigenvalue weighted by Crippen LogP contribution is -2.59. The second-order valence-corrected chi connectivity index (χ2v) is 9.42. The Labute approximate surface area is 125 Å². The summed E-state index contributed by atoms with van der Waals surface area (Å²) in [6.07, 6.45) is 11.7. The van der Waals surface area contributed by atoms with Crippen LogP contribution in [0.3, 0.4) is 0 Å². The molecule has 0 aromatic rings. The lowest BCUT2D eigenvalue weighted by Gasteiger charge is -2.67. The normalized spacial score (nSPS) is 58.1. The Hall–Kier alpha value is -0.260. The molecule has 0 aromatic heterocycles. The van der Waals surface area contributed by atoms with Gasteiger partial charge in [0, 0.05) is 0 Å². The number of hydrogen-bond donors (Lipinski definition) is 0. The monoisotopic (exact) mass is 272 g/mol. The third kappa shape index (κ3) is 1.60. The Morgan fingerprint density at radius 3 is 2.55 bits per heavy atom. The van der Waals surface area contributed by atoms with Crippen molar-refractivity contribution in [2.75, 3.05) is 0 Å². The molecule has 4 rings (SSSR count). The van der Waals surface area contributed by atoms with E-state index in [0.29, 0.717) is 10.8 Å². The molecule has 0 aliphatic heterocycles. The lowest BCUT2D eigenvalue weighted by molar-refractivity contribution is -0.155. The van der Waals surface area contributed by atoms with Crippen molar-refractivity contribution in [1.29, 1.82) is 0 Å². The van der Waals surface area contributed by atoms with Crippen LogP contribution in [0.1, 0.15) is 72.1 Å². The van der Waals surface area contributed by atoms with Crippen molar-refractivity contribution in [3.05, 3.63) is 12.2 Å². The minimum atomic E-state index is 0.584. The highest BCUT2D eigenvalue weighted by Crippen LogP contribution is 2.69. The average molecular weight is 272 g/mol. The van der Waals surface area contributed by atoms with Gasteiger partial charge in [-0.3, -0.25) is 0 Å². The van der Waals surface area contributed by atoms with Crippen LogP contribution >= 0.6 is 0 Å². The van der Waals surface area contributed by atoms with E-state index < -0.39 is 0 Å². The maximum Gasteiger partial charge on any atom is -0.0171 e. The average Bonchev–Trinajstić information content (AvgIpc) is 2.36. The zero-order valence-electron chi connectivity index (χ0n) is 13.8. The van der Waals surface area contributed by atoms with Crippen LogP contribution in [0, 0.1) is 40.4 Å². The van der Waals surface area contributed by atoms with E-state index in [4.69, 9.17) is 0 Å². The highest BCUT2D eigenvalue weighted by atomic mass is 14.7. The molecule has 0 saturated heterocycles. The van der Waals surface area contributed by atoms with Gasteiger partial charge in [-0.25, -0.2) is 0 Å². The first-order valence-electron chi connectivity index (χ1n) is 9.12. The second-order valence-electron chi connectivity index (χ2n) is 9.42. The molecule has 4 aliphatic carbocycles. The molecule has 4 aliphatic rings. The van der Waals surface area contributed by atoms with Gasteiger partial charge in [-0.15, -0.1) is 0 Å². The van der Waals surface area contributed by atoms with E-state index in [-0.39, 0.29) is 0 Å². The molecule has 0 bridgehead atoms. The second kappa shape index (κ2) is 4.14. The fraction of sp³-hybridized carbons (Fsp3) is 0.900. The molecule has 4 saturated carbocycles. The predicted molar refractivity (Wildman–Crippen MR) is 85.4 cm³/mol.